The highest BCUT2D eigenvalue weighted by atomic mass is 32.1. The molecule has 2 fully saturated rings. The molecule has 4 heterocycles. The highest BCUT2D eigenvalue weighted by molar-refractivity contribution is 7.12. The van der Waals surface area contributed by atoms with E-state index in [0.29, 0.717) is 38.6 Å². The number of amides is 2. The van der Waals surface area contributed by atoms with E-state index in [4.69, 9.17) is 4.74 Å². The maximum atomic E-state index is 12.4. The number of thiophene rings is 1. The third kappa shape index (κ3) is 3.75. The predicted octanol–water partition coefficient (Wildman–Crippen LogP) is 0.855. The number of carbonyl (C=O) groups excluding carboxylic acids is 2. The van der Waals surface area contributed by atoms with Crippen LogP contribution in [-0.2, 0) is 16.0 Å². The molecule has 0 radical (unpaired) electrons. The molecule has 1 N–H and O–H groups in total. The first-order valence-electron chi connectivity index (χ1n) is 9.01. The zero-order valence-corrected chi connectivity index (χ0v) is 15.6. The topological polar surface area (TPSA) is 101 Å². The fourth-order valence-electron chi connectivity index (χ4n) is 3.57. The molecule has 9 nitrogen and oxygen atoms in total. The van der Waals surface area contributed by atoms with E-state index in [1.807, 2.05) is 17.5 Å². The number of aromatic amines is 1. The highest BCUT2D eigenvalue weighted by Gasteiger charge is 2.29. The van der Waals surface area contributed by atoms with Crippen LogP contribution >= 0.6 is 11.3 Å². The Balaban J connectivity index is 1.33. The molecule has 0 atom stereocenters. The number of H-pyrrole nitrogens is 1. The smallest absolute Gasteiger partial charge is 0.410 e. The van der Waals surface area contributed by atoms with Crippen molar-refractivity contribution in [2.45, 2.75) is 19.3 Å². The normalized spacial score (nSPS) is 18.1. The van der Waals surface area contributed by atoms with E-state index in [-0.39, 0.29) is 18.1 Å². The van der Waals surface area contributed by atoms with Crippen molar-refractivity contribution >= 4 is 23.3 Å². The van der Waals surface area contributed by atoms with Gasteiger partial charge in [-0.25, -0.2) is 19.3 Å². The highest BCUT2D eigenvalue weighted by Crippen LogP contribution is 2.23. The van der Waals surface area contributed by atoms with Gasteiger partial charge in [-0.2, -0.15) is 5.10 Å². The van der Waals surface area contributed by atoms with Gasteiger partial charge in [-0.15, -0.1) is 11.3 Å². The molecule has 4 rings (SSSR count). The van der Waals surface area contributed by atoms with Gasteiger partial charge < -0.3 is 9.64 Å². The van der Waals surface area contributed by atoms with Crippen molar-refractivity contribution in [3.63, 3.8) is 0 Å². The quantitative estimate of drug-likeness (QED) is 0.815. The summed E-state index contributed by atoms with van der Waals surface area (Å²) in [5.41, 5.74) is -0.224. The van der Waals surface area contributed by atoms with Crippen molar-refractivity contribution in [1.29, 1.82) is 0 Å². The molecule has 0 aromatic carbocycles. The summed E-state index contributed by atoms with van der Waals surface area (Å²) in [4.78, 5) is 39.2. The van der Waals surface area contributed by atoms with Crippen molar-refractivity contribution in [2.24, 2.45) is 5.92 Å². The average Bonchev–Trinajstić information content (AvgIpc) is 3.39. The van der Waals surface area contributed by atoms with Gasteiger partial charge in [0.05, 0.1) is 6.54 Å². The Hall–Kier alpha value is -2.62. The molecule has 2 aliphatic rings. The first kappa shape index (κ1) is 17.8. The minimum Gasteiger partial charge on any atom is -0.448 e. The van der Waals surface area contributed by atoms with E-state index in [9.17, 15) is 14.4 Å². The number of piperidine rings is 1. The molecule has 2 amide bonds. The van der Waals surface area contributed by atoms with Crippen LogP contribution in [0.2, 0.25) is 0 Å². The lowest BCUT2D eigenvalue weighted by Crippen LogP contribution is -2.44. The monoisotopic (exact) mass is 391 g/mol. The second kappa shape index (κ2) is 7.55. The van der Waals surface area contributed by atoms with Crippen LogP contribution in [0.15, 0.2) is 22.3 Å². The van der Waals surface area contributed by atoms with E-state index in [0.717, 1.165) is 23.7 Å². The average molecular weight is 391 g/mol. The standard InChI is InChI=1S/C17H21N5O4S/c23-14(11-21-7-8-26-17(21)25)20-5-3-12(4-6-20)10-13-18-19-16(24)22(13)15-2-1-9-27-15/h1-2,9,12H,3-8,10-11H2,(H,19,24). The number of likely N-dealkylation sites (tertiary alicyclic amines) is 1. The molecule has 27 heavy (non-hydrogen) atoms. The fourth-order valence-corrected chi connectivity index (χ4v) is 4.32. The van der Waals surface area contributed by atoms with Gasteiger partial charge in [-0.1, -0.05) is 0 Å². The fraction of sp³-hybridized carbons (Fsp3) is 0.529. The van der Waals surface area contributed by atoms with Crippen molar-refractivity contribution in [2.75, 3.05) is 32.8 Å². The van der Waals surface area contributed by atoms with Crippen LogP contribution in [0.4, 0.5) is 4.79 Å². The Kier molecular flexibility index (Phi) is 4.97. The predicted molar refractivity (Wildman–Crippen MR) is 98.0 cm³/mol. The summed E-state index contributed by atoms with van der Waals surface area (Å²) in [5, 5.41) is 9.51. The van der Waals surface area contributed by atoms with Gasteiger partial charge in [0.25, 0.3) is 0 Å². The number of aromatic nitrogens is 3. The second-order valence-corrected chi connectivity index (χ2v) is 7.72. The van der Waals surface area contributed by atoms with Crippen molar-refractivity contribution in [3.8, 4) is 5.00 Å². The number of rotatable bonds is 5. The van der Waals surface area contributed by atoms with Crippen LogP contribution in [0, 0.1) is 5.92 Å². The number of nitrogens with zero attached hydrogens (tertiary/aromatic N) is 4. The molecule has 10 heteroatoms. The molecular weight excluding hydrogens is 370 g/mol. The van der Waals surface area contributed by atoms with E-state index in [1.165, 1.54) is 16.2 Å². The van der Waals surface area contributed by atoms with Gasteiger partial charge >= 0.3 is 11.8 Å². The largest absolute Gasteiger partial charge is 0.448 e. The SMILES string of the molecule is O=C(CN1CCOC1=O)N1CCC(Cc2n[nH]c(=O)n2-c2cccs2)CC1. The number of cyclic esters (lactones) is 1. The Labute approximate surface area is 159 Å². The Morgan fingerprint density at radius 2 is 2.11 bits per heavy atom. The minimum absolute atomic E-state index is 0.0393. The molecule has 2 aliphatic heterocycles. The van der Waals surface area contributed by atoms with Gasteiger partial charge in [0.15, 0.2) is 0 Å². The molecule has 0 saturated carbocycles. The van der Waals surface area contributed by atoms with E-state index in [2.05, 4.69) is 10.2 Å². The lowest BCUT2D eigenvalue weighted by atomic mass is 9.93. The second-order valence-electron chi connectivity index (χ2n) is 6.80. The zero-order chi connectivity index (χ0) is 18.8. The van der Waals surface area contributed by atoms with Gasteiger partial charge in [0, 0.05) is 19.5 Å². The molecule has 144 valence electrons. The van der Waals surface area contributed by atoms with Gasteiger partial charge in [-0.05, 0) is 36.3 Å². The zero-order valence-electron chi connectivity index (χ0n) is 14.8. The lowest BCUT2D eigenvalue weighted by molar-refractivity contribution is -0.133. The molecule has 2 aromatic heterocycles. The van der Waals surface area contributed by atoms with Crippen molar-refractivity contribution in [1.82, 2.24) is 24.6 Å². The Morgan fingerprint density at radius 3 is 2.78 bits per heavy atom. The maximum Gasteiger partial charge on any atom is 0.410 e. The number of nitrogens with one attached hydrogen (secondary N) is 1. The molecule has 0 bridgehead atoms. The third-order valence-corrected chi connectivity index (χ3v) is 5.93. The third-order valence-electron chi connectivity index (χ3n) is 5.08. The number of hydrogen-bond acceptors (Lipinski definition) is 6. The van der Waals surface area contributed by atoms with Gasteiger partial charge in [0.1, 0.15) is 24.0 Å². The summed E-state index contributed by atoms with van der Waals surface area (Å²) < 4.78 is 6.49. The Bertz CT molecular complexity index is 866. The number of ether oxygens (including phenoxy) is 1. The molecular formula is C17H21N5O4S. The van der Waals surface area contributed by atoms with E-state index < -0.39 is 6.09 Å². The lowest BCUT2D eigenvalue weighted by Gasteiger charge is -2.32. The van der Waals surface area contributed by atoms with Gasteiger partial charge in [0.2, 0.25) is 5.91 Å². The number of hydrogen-bond donors (Lipinski definition) is 1. The van der Waals surface area contributed by atoms with E-state index in [1.54, 1.807) is 9.47 Å². The van der Waals surface area contributed by atoms with Crippen LogP contribution < -0.4 is 5.69 Å². The molecule has 0 unspecified atom stereocenters. The van der Waals surface area contributed by atoms with Crippen LogP contribution in [0.25, 0.3) is 5.00 Å². The van der Waals surface area contributed by atoms with Crippen molar-refractivity contribution in [3.05, 3.63) is 33.8 Å². The summed E-state index contributed by atoms with van der Waals surface area (Å²) in [6.07, 6.45) is 1.98. The molecule has 0 aliphatic carbocycles. The summed E-state index contributed by atoms with van der Waals surface area (Å²) in [5.74, 6) is 1.05. The maximum absolute atomic E-state index is 12.4. The number of carbonyl (C=O) groups is 2. The summed E-state index contributed by atoms with van der Waals surface area (Å²) in [7, 11) is 0. The molecule has 2 aromatic rings. The van der Waals surface area contributed by atoms with Crippen LogP contribution in [-0.4, -0.2) is 69.4 Å². The van der Waals surface area contributed by atoms with Gasteiger partial charge in [-0.3, -0.25) is 9.69 Å². The van der Waals surface area contributed by atoms with Crippen LogP contribution in [0.5, 0.6) is 0 Å². The summed E-state index contributed by atoms with van der Waals surface area (Å²) in [6.45, 7) is 2.21. The summed E-state index contributed by atoms with van der Waals surface area (Å²) in [6, 6.07) is 3.80. The van der Waals surface area contributed by atoms with E-state index >= 15 is 0 Å². The van der Waals surface area contributed by atoms with Crippen molar-refractivity contribution < 1.29 is 14.3 Å². The molecule has 2 saturated heterocycles. The van der Waals surface area contributed by atoms with Crippen LogP contribution in [0.1, 0.15) is 18.7 Å². The summed E-state index contributed by atoms with van der Waals surface area (Å²) >= 11 is 1.50. The Morgan fingerprint density at radius 1 is 1.30 bits per heavy atom. The first-order valence-corrected chi connectivity index (χ1v) is 9.89. The molecule has 0 spiro atoms. The van der Waals surface area contributed by atoms with Crippen LogP contribution in [0.3, 0.4) is 0 Å². The minimum atomic E-state index is -0.414. The first-order chi connectivity index (χ1) is 13.1.